The Labute approximate surface area is 168 Å². The van der Waals surface area contributed by atoms with Gasteiger partial charge in [0.2, 0.25) is 0 Å². The molecule has 4 aliphatic carbocycles. The van der Waals surface area contributed by atoms with E-state index in [0.717, 1.165) is 18.8 Å². The van der Waals surface area contributed by atoms with Crippen molar-refractivity contribution >= 4 is 11.7 Å². The third-order valence-electron chi connectivity index (χ3n) is 9.20. The maximum atomic E-state index is 11.9. The smallest absolute Gasteiger partial charge is 0.302 e. The number of nitrogens with zero attached hydrogens (tertiary/aromatic N) is 2. The number of hydrogen-bond donors (Lipinski definition) is 0. The van der Waals surface area contributed by atoms with Crippen LogP contribution in [0.1, 0.15) is 72.1 Å². The van der Waals surface area contributed by atoms with Crippen LogP contribution in [0.2, 0.25) is 0 Å². The van der Waals surface area contributed by atoms with Crippen molar-refractivity contribution in [3.63, 3.8) is 0 Å². The molecule has 0 bridgehead atoms. The van der Waals surface area contributed by atoms with Crippen LogP contribution < -0.4 is 0 Å². The Morgan fingerprint density at radius 1 is 1.18 bits per heavy atom. The molecule has 0 amide bonds. The number of hydrogen-bond acceptors (Lipinski definition) is 3. The number of rotatable bonds is 2. The van der Waals surface area contributed by atoms with E-state index in [1.165, 1.54) is 44.2 Å². The Morgan fingerprint density at radius 2 is 2.04 bits per heavy atom. The average molecular weight is 383 g/mol. The molecule has 28 heavy (non-hydrogen) atoms. The Kier molecular flexibility index (Phi) is 4.26. The van der Waals surface area contributed by atoms with Gasteiger partial charge in [0, 0.05) is 36.3 Å². The van der Waals surface area contributed by atoms with Crippen molar-refractivity contribution in [1.82, 2.24) is 9.55 Å². The zero-order chi connectivity index (χ0) is 19.5. The number of allylic oxidation sites excluding steroid dienone is 2. The fourth-order valence-corrected chi connectivity index (χ4v) is 8.01. The molecule has 3 fully saturated rings. The monoisotopic (exact) mass is 382 g/mol. The second kappa shape index (κ2) is 6.47. The van der Waals surface area contributed by atoms with E-state index >= 15 is 0 Å². The molecule has 0 radical (unpaired) electrons. The lowest BCUT2D eigenvalue weighted by molar-refractivity contribution is -0.180. The summed E-state index contributed by atoms with van der Waals surface area (Å²) in [5, 5.41) is 0. The summed E-state index contributed by atoms with van der Waals surface area (Å²) in [6.07, 6.45) is 18.5. The Hall–Kier alpha value is -1.58. The molecule has 1 heterocycles. The van der Waals surface area contributed by atoms with Gasteiger partial charge in [-0.1, -0.05) is 32.8 Å². The van der Waals surface area contributed by atoms with Crippen molar-refractivity contribution in [2.45, 2.75) is 78.2 Å². The molecule has 7 atom stereocenters. The molecule has 4 nitrogen and oxygen atoms in total. The summed E-state index contributed by atoms with van der Waals surface area (Å²) >= 11 is 0. The third-order valence-corrected chi connectivity index (χ3v) is 9.20. The highest BCUT2D eigenvalue weighted by Crippen LogP contribution is 2.67. The quantitative estimate of drug-likeness (QED) is 0.651. The van der Waals surface area contributed by atoms with Crippen LogP contribution in [0, 0.1) is 34.5 Å². The summed E-state index contributed by atoms with van der Waals surface area (Å²) in [5.74, 6) is 2.54. The summed E-state index contributed by atoms with van der Waals surface area (Å²) in [7, 11) is 0. The first-order chi connectivity index (χ1) is 13.4. The largest absolute Gasteiger partial charge is 0.462 e. The van der Waals surface area contributed by atoms with Gasteiger partial charge < -0.3 is 9.30 Å². The normalized spacial score (nSPS) is 44.8. The van der Waals surface area contributed by atoms with Crippen LogP contribution in [0.25, 0.3) is 5.70 Å². The van der Waals surface area contributed by atoms with E-state index in [4.69, 9.17) is 4.74 Å². The second-order valence-electron chi connectivity index (χ2n) is 10.4. The maximum absolute atomic E-state index is 11.9. The Bertz CT molecular complexity index is 785. The average Bonchev–Trinajstić information content (AvgIpc) is 3.28. The van der Waals surface area contributed by atoms with E-state index in [1.807, 2.05) is 12.5 Å². The zero-order valence-electron chi connectivity index (χ0n) is 17.6. The molecule has 5 rings (SSSR count). The minimum Gasteiger partial charge on any atom is -0.462 e. The van der Waals surface area contributed by atoms with Crippen LogP contribution in [-0.2, 0) is 9.53 Å². The fraction of sp³-hybridized carbons (Fsp3) is 0.750. The lowest BCUT2D eigenvalue weighted by Gasteiger charge is -2.61. The first kappa shape index (κ1) is 18.4. The number of carbonyl (C=O) groups excluding carboxylic acids is 1. The summed E-state index contributed by atoms with van der Waals surface area (Å²) in [6.45, 7) is 6.60. The molecule has 4 aliphatic rings. The maximum Gasteiger partial charge on any atom is 0.302 e. The van der Waals surface area contributed by atoms with Gasteiger partial charge in [-0.05, 0) is 61.7 Å². The SMILES string of the molecule is CC(=O)OC1C[C@@H]2C(CC[C@]3(C)C(n4ccnc4)=CC[C@@H]23)[C@@]2(C)CCCCC12. The number of ether oxygens (including phenoxy) is 1. The van der Waals surface area contributed by atoms with Gasteiger partial charge in [-0.2, -0.15) is 0 Å². The van der Waals surface area contributed by atoms with E-state index in [1.54, 1.807) is 6.92 Å². The van der Waals surface area contributed by atoms with Gasteiger partial charge in [-0.15, -0.1) is 0 Å². The lowest BCUT2D eigenvalue weighted by Crippen LogP contribution is -2.57. The molecule has 4 heteroatoms. The van der Waals surface area contributed by atoms with E-state index < -0.39 is 0 Å². The van der Waals surface area contributed by atoms with Crippen molar-refractivity contribution in [3.8, 4) is 0 Å². The summed E-state index contributed by atoms with van der Waals surface area (Å²) < 4.78 is 8.22. The Morgan fingerprint density at radius 3 is 2.79 bits per heavy atom. The van der Waals surface area contributed by atoms with Crippen molar-refractivity contribution < 1.29 is 9.53 Å². The summed E-state index contributed by atoms with van der Waals surface area (Å²) in [6, 6.07) is 0. The van der Waals surface area contributed by atoms with Gasteiger partial charge in [0.05, 0.1) is 6.33 Å². The third kappa shape index (κ3) is 2.55. The highest BCUT2D eigenvalue weighted by atomic mass is 16.5. The molecule has 0 aromatic carbocycles. The van der Waals surface area contributed by atoms with Gasteiger partial charge in [-0.25, -0.2) is 4.98 Å². The zero-order valence-corrected chi connectivity index (χ0v) is 17.6. The van der Waals surface area contributed by atoms with Crippen LogP contribution in [0.3, 0.4) is 0 Å². The molecule has 3 saturated carbocycles. The Balaban J connectivity index is 1.49. The van der Waals surface area contributed by atoms with Gasteiger partial charge in [-0.3, -0.25) is 4.79 Å². The summed E-state index contributed by atoms with van der Waals surface area (Å²) in [4.78, 5) is 16.2. The van der Waals surface area contributed by atoms with Crippen LogP contribution in [0.5, 0.6) is 0 Å². The van der Waals surface area contributed by atoms with Gasteiger partial charge in [0.15, 0.2) is 0 Å². The molecule has 3 unspecified atom stereocenters. The number of fused-ring (bicyclic) bond motifs is 5. The predicted molar refractivity (Wildman–Crippen MR) is 109 cm³/mol. The molecule has 0 aliphatic heterocycles. The minimum absolute atomic E-state index is 0.0985. The lowest BCUT2D eigenvalue weighted by atomic mass is 9.44. The van der Waals surface area contributed by atoms with E-state index in [0.29, 0.717) is 23.2 Å². The summed E-state index contributed by atoms with van der Waals surface area (Å²) in [5.41, 5.74) is 1.98. The van der Waals surface area contributed by atoms with Gasteiger partial charge in [0.1, 0.15) is 6.10 Å². The van der Waals surface area contributed by atoms with Crippen molar-refractivity contribution in [2.24, 2.45) is 34.5 Å². The minimum atomic E-state index is -0.0985. The van der Waals surface area contributed by atoms with Crippen molar-refractivity contribution in [3.05, 3.63) is 24.8 Å². The van der Waals surface area contributed by atoms with Crippen LogP contribution >= 0.6 is 0 Å². The molecular formula is C24H34N2O2. The highest BCUT2D eigenvalue weighted by Gasteiger charge is 2.61. The predicted octanol–water partition coefficient (Wildman–Crippen LogP) is 5.31. The van der Waals surface area contributed by atoms with Crippen LogP contribution in [0.15, 0.2) is 24.8 Å². The molecule has 0 spiro atoms. The standard InChI is InChI=1S/C24H34N2O2/c1-16(27)28-21-14-17-18-7-8-22(26-13-12-25-15-26)24(18,3)11-9-19(17)23(2)10-5-4-6-20(21)23/h8,12-13,15,17-21H,4-7,9-11,14H2,1-3H3/t17-,18-,19?,20?,21?,23+,24-/m0/s1. The van der Waals surface area contributed by atoms with E-state index in [9.17, 15) is 4.79 Å². The van der Waals surface area contributed by atoms with Crippen molar-refractivity contribution in [2.75, 3.05) is 0 Å². The van der Waals surface area contributed by atoms with Crippen LogP contribution in [-0.4, -0.2) is 21.6 Å². The molecular weight excluding hydrogens is 348 g/mol. The van der Waals surface area contributed by atoms with Gasteiger partial charge in [0.25, 0.3) is 0 Å². The molecule has 0 N–H and O–H groups in total. The first-order valence-corrected chi connectivity index (χ1v) is 11.3. The molecule has 0 saturated heterocycles. The number of carbonyl (C=O) groups is 1. The van der Waals surface area contributed by atoms with Gasteiger partial charge >= 0.3 is 5.97 Å². The first-order valence-electron chi connectivity index (χ1n) is 11.3. The number of aromatic nitrogens is 2. The van der Waals surface area contributed by atoms with Crippen LogP contribution in [0.4, 0.5) is 0 Å². The molecule has 1 aromatic rings. The van der Waals surface area contributed by atoms with E-state index in [-0.39, 0.29) is 17.5 Å². The number of imidazole rings is 1. The van der Waals surface area contributed by atoms with Crippen molar-refractivity contribution in [1.29, 1.82) is 0 Å². The van der Waals surface area contributed by atoms with E-state index in [2.05, 4.69) is 35.7 Å². The molecule has 1 aromatic heterocycles. The second-order valence-corrected chi connectivity index (χ2v) is 10.4. The fourth-order valence-electron chi connectivity index (χ4n) is 8.01. The highest BCUT2D eigenvalue weighted by molar-refractivity contribution is 5.66. The molecule has 152 valence electrons. The number of esters is 1. The topological polar surface area (TPSA) is 44.1 Å².